The Labute approximate surface area is 147 Å². The number of ether oxygens (including phenoxy) is 2. The van der Waals surface area contributed by atoms with Crippen molar-refractivity contribution in [1.82, 2.24) is 4.90 Å². The standard InChI is InChI=1S/C18H25N3O4/c1-12(18(23)20(2)3)21-8-6-13(7-9-21)17(22)19-14-4-5-15-16(10-14)25-11-24-15/h4-5,10,12-13H,6-9,11H2,1-3H3,(H,19,22)/p+1/t12-/m1/s1. The third kappa shape index (κ3) is 3.87. The molecule has 0 bridgehead atoms. The summed E-state index contributed by atoms with van der Waals surface area (Å²) in [4.78, 5) is 27.5. The van der Waals surface area contributed by atoms with Gasteiger partial charge in [-0.3, -0.25) is 9.59 Å². The highest BCUT2D eigenvalue weighted by Gasteiger charge is 2.33. The van der Waals surface area contributed by atoms with E-state index in [-0.39, 0.29) is 30.6 Å². The molecule has 2 aliphatic heterocycles. The SMILES string of the molecule is C[C@H](C(=O)N(C)C)[NH+]1CCC(C(=O)Nc2ccc3c(c2)OCO3)CC1. The van der Waals surface area contributed by atoms with Crippen LogP contribution in [-0.2, 0) is 9.59 Å². The summed E-state index contributed by atoms with van der Waals surface area (Å²) in [6, 6.07) is 5.36. The number of anilines is 1. The van der Waals surface area contributed by atoms with Crippen LogP contribution < -0.4 is 19.7 Å². The van der Waals surface area contributed by atoms with Crippen LogP contribution in [0.3, 0.4) is 0 Å². The van der Waals surface area contributed by atoms with E-state index < -0.39 is 0 Å². The molecule has 1 aromatic rings. The van der Waals surface area contributed by atoms with Crippen LogP contribution in [0.1, 0.15) is 19.8 Å². The Kier molecular flexibility index (Phi) is 5.13. The van der Waals surface area contributed by atoms with Crippen LogP contribution in [0.15, 0.2) is 18.2 Å². The number of fused-ring (bicyclic) bond motifs is 1. The number of carbonyl (C=O) groups is 2. The summed E-state index contributed by atoms with van der Waals surface area (Å²) in [5.74, 6) is 1.51. The smallest absolute Gasteiger partial charge is 0.280 e. The molecular formula is C18H26N3O4+. The fraction of sp³-hybridized carbons (Fsp3) is 0.556. The summed E-state index contributed by atoms with van der Waals surface area (Å²) >= 11 is 0. The first kappa shape index (κ1) is 17.5. The summed E-state index contributed by atoms with van der Waals surface area (Å²) in [6.07, 6.45) is 1.58. The fourth-order valence-electron chi connectivity index (χ4n) is 3.46. The number of benzene rings is 1. The number of likely N-dealkylation sites (N-methyl/N-ethyl adjacent to an activating group) is 1. The maximum atomic E-state index is 12.5. The van der Waals surface area contributed by atoms with Crippen LogP contribution in [0.5, 0.6) is 11.5 Å². The first-order chi connectivity index (χ1) is 12.0. The minimum Gasteiger partial charge on any atom is -0.454 e. The van der Waals surface area contributed by atoms with Crippen LogP contribution in [0.25, 0.3) is 0 Å². The summed E-state index contributed by atoms with van der Waals surface area (Å²) in [5.41, 5.74) is 0.722. The number of hydrogen-bond donors (Lipinski definition) is 2. The first-order valence-electron chi connectivity index (χ1n) is 8.72. The van der Waals surface area contributed by atoms with Crippen molar-refractivity contribution < 1.29 is 24.0 Å². The van der Waals surface area contributed by atoms with Crippen LogP contribution in [0, 0.1) is 5.92 Å². The van der Waals surface area contributed by atoms with Gasteiger partial charge in [0.25, 0.3) is 5.91 Å². The molecule has 1 atom stereocenters. The molecule has 7 heteroatoms. The zero-order chi connectivity index (χ0) is 18.0. The quantitative estimate of drug-likeness (QED) is 0.811. The molecule has 0 aromatic heterocycles. The Bertz CT molecular complexity index is 654. The average molecular weight is 348 g/mol. The topological polar surface area (TPSA) is 72.3 Å². The largest absolute Gasteiger partial charge is 0.454 e. The second-order valence-corrected chi connectivity index (χ2v) is 6.94. The van der Waals surface area contributed by atoms with Crippen LogP contribution in [0.4, 0.5) is 5.69 Å². The number of likely N-dealkylation sites (tertiary alicyclic amines) is 1. The maximum absolute atomic E-state index is 12.5. The second kappa shape index (κ2) is 7.31. The molecule has 25 heavy (non-hydrogen) atoms. The van der Waals surface area contributed by atoms with E-state index in [1.807, 2.05) is 13.0 Å². The van der Waals surface area contributed by atoms with E-state index in [9.17, 15) is 9.59 Å². The molecular weight excluding hydrogens is 322 g/mol. The number of nitrogens with one attached hydrogen (secondary N) is 2. The van der Waals surface area contributed by atoms with Gasteiger partial charge in [-0.15, -0.1) is 0 Å². The Morgan fingerprint density at radius 3 is 2.56 bits per heavy atom. The summed E-state index contributed by atoms with van der Waals surface area (Å²) in [6.45, 7) is 3.85. The van der Waals surface area contributed by atoms with Crippen molar-refractivity contribution in [3.8, 4) is 11.5 Å². The van der Waals surface area contributed by atoms with Gasteiger partial charge in [-0.2, -0.15) is 0 Å². The molecule has 0 spiro atoms. The molecule has 3 rings (SSSR count). The summed E-state index contributed by atoms with van der Waals surface area (Å²) < 4.78 is 10.6. The van der Waals surface area contributed by atoms with Crippen molar-refractivity contribution >= 4 is 17.5 Å². The summed E-state index contributed by atoms with van der Waals surface area (Å²) in [5, 5.41) is 2.97. The number of rotatable bonds is 4. The Morgan fingerprint density at radius 2 is 1.88 bits per heavy atom. The van der Waals surface area contributed by atoms with Gasteiger partial charge >= 0.3 is 0 Å². The van der Waals surface area contributed by atoms with E-state index in [4.69, 9.17) is 9.47 Å². The predicted octanol–water partition coefficient (Wildman–Crippen LogP) is 0.125. The number of carbonyl (C=O) groups excluding carboxylic acids is 2. The average Bonchev–Trinajstić information content (AvgIpc) is 3.08. The number of amides is 2. The third-order valence-corrected chi connectivity index (χ3v) is 5.06. The van der Waals surface area contributed by atoms with Crippen molar-refractivity contribution in [2.45, 2.75) is 25.8 Å². The Morgan fingerprint density at radius 1 is 1.20 bits per heavy atom. The van der Waals surface area contributed by atoms with Crippen LogP contribution in [0.2, 0.25) is 0 Å². The van der Waals surface area contributed by atoms with Crippen LogP contribution in [-0.4, -0.2) is 56.7 Å². The van der Waals surface area contributed by atoms with Gasteiger partial charge in [-0.1, -0.05) is 0 Å². The fourth-order valence-corrected chi connectivity index (χ4v) is 3.46. The molecule has 2 N–H and O–H groups in total. The molecule has 7 nitrogen and oxygen atoms in total. The lowest BCUT2D eigenvalue weighted by atomic mass is 9.94. The molecule has 2 amide bonds. The van der Waals surface area contributed by atoms with Crippen molar-refractivity contribution in [3.63, 3.8) is 0 Å². The Hall–Kier alpha value is -2.28. The minimum atomic E-state index is -0.0622. The van der Waals surface area contributed by atoms with Gasteiger partial charge < -0.3 is 24.6 Å². The highest BCUT2D eigenvalue weighted by Crippen LogP contribution is 2.34. The van der Waals surface area contributed by atoms with E-state index in [1.165, 1.54) is 4.90 Å². The van der Waals surface area contributed by atoms with E-state index in [0.29, 0.717) is 11.5 Å². The number of hydrogen-bond acceptors (Lipinski definition) is 4. The highest BCUT2D eigenvalue weighted by atomic mass is 16.7. The van der Waals surface area contributed by atoms with Crippen molar-refractivity contribution in [3.05, 3.63) is 18.2 Å². The van der Waals surface area contributed by atoms with E-state index in [1.54, 1.807) is 31.1 Å². The number of nitrogens with zero attached hydrogens (tertiary/aromatic N) is 1. The monoisotopic (exact) mass is 348 g/mol. The molecule has 0 saturated carbocycles. The van der Waals surface area contributed by atoms with Crippen molar-refractivity contribution in [2.24, 2.45) is 5.92 Å². The van der Waals surface area contributed by atoms with Gasteiger partial charge in [0.2, 0.25) is 12.7 Å². The first-order valence-corrected chi connectivity index (χ1v) is 8.72. The van der Waals surface area contributed by atoms with E-state index in [2.05, 4.69) is 5.32 Å². The van der Waals surface area contributed by atoms with E-state index >= 15 is 0 Å². The predicted molar refractivity (Wildman–Crippen MR) is 92.8 cm³/mol. The number of quaternary nitrogens is 1. The molecule has 1 fully saturated rings. The lowest BCUT2D eigenvalue weighted by Gasteiger charge is -2.33. The molecule has 1 saturated heterocycles. The minimum absolute atomic E-state index is 0.0177. The summed E-state index contributed by atoms with van der Waals surface area (Å²) in [7, 11) is 3.56. The number of piperidine rings is 1. The van der Waals surface area contributed by atoms with Gasteiger partial charge in [0.1, 0.15) is 0 Å². The zero-order valence-corrected chi connectivity index (χ0v) is 15.0. The third-order valence-electron chi connectivity index (χ3n) is 5.06. The molecule has 2 aliphatic rings. The molecule has 0 unspecified atom stereocenters. The van der Waals surface area contributed by atoms with Crippen LogP contribution >= 0.6 is 0 Å². The lowest BCUT2D eigenvalue weighted by molar-refractivity contribution is -0.920. The molecule has 0 radical (unpaired) electrons. The zero-order valence-electron chi connectivity index (χ0n) is 15.0. The normalized spacial score (nSPS) is 23.0. The van der Waals surface area contributed by atoms with Gasteiger partial charge in [0.15, 0.2) is 17.5 Å². The van der Waals surface area contributed by atoms with Gasteiger partial charge in [-0.25, -0.2) is 0 Å². The molecule has 2 heterocycles. The molecule has 136 valence electrons. The Balaban J connectivity index is 1.52. The molecule has 1 aromatic carbocycles. The maximum Gasteiger partial charge on any atom is 0.280 e. The molecule has 0 aliphatic carbocycles. The van der Waals surface area contributed by atoms with Gasteiger partial charge in [0, 0.05) is 44.6 Å². The van der Waals surface area contributed by atoms with Crippen molar-refractivity contribution in [2.75, 3.05) is 39.3 Å². The lowest BCUT2D eigenvalue weighted by Crippen LogP contribution is -3.17. The van der Waals surface area contributed by atoms with Gasteiger partial charge in [0.05, 0.1) is 13.1 Å². The van der Waals surface area contributed by atoms with Crippen molar-refractivity contribution in [1.29, 1.82) is 0 Å². The van der Waals surface area contributed by atoms with Gasteiger partial charge in [-0.05, 0) is 19.1 Å². The second-order valence-electron chi connectivity index (χ2n) is 6.94. The van der Waals surface area contributed by atoms with E-state index in [0.717, 1.165) is 31.6 Å². The highest BCUT2D eigenvalue weighted by molar-refractivity contribution is 5.93.